The number of aliphatic hydroxyl groups excluding tert-OH is 1. The van der Waals surface area contributed by atoms with Crippen molar-refractivity contribution in [1.29, 1.82) is 0 Å². The average molecular weight is 472 g/mol. The molecular weight excluding hydrogens is 452 g/mol. The SMILES string of the molecule is O=C(Cc1[nH]c(=S)n2c1CC(c1c(F)ccc(Br)c1F)C2)N1CCCC(O)C1. The number of fused-ring (bicyclic) bond motifs is 1. The van der Waals surface area contributed by atoms with Crippen LogP contribution in [-0.2, 0) is 24.2 Å². The number of aliphatic hydroxyl groups is 1. The van der Waals surface area contributed by atoms with E-state index in [0.717, 1.165) is 12.1 Å². The molecule has 2 aliphatic heterocycles. The van der Waals surface area contributed by atoms with Gasteiger partial charge in [0.2, 0.25) is 5.91 Å². The molecule has 150 valence electrons. The number of H-pyrrole nitrogens is 1. The zero-order valence-electron chi connectivity index (χ0n) is 15.1. The largest absolute Gasteiger partial charge is 0.391 e. The van der Waals surface area contributed by atoms with Gasteiger partial charge in [0, 0.05) is 42.5 Å². The maximum atomic E-state index is 14.5. The Hall–Kier alpha value is -1.58. The Morgan fingerprint density at radius 2 is 2.14 bits per heavy atom. The lowest BCUT2D eigenvalue weighted by atomic mass is 9.95. The van der Waals surface area contributed by atoms with Crippen LogP contribution in [0.1, 0.15) is 35.7 Å². The van der Waals surface area contributed by atoms with E-state index < -0.39 is 17.7 Å². The lowest BCUT2D eigenvalue weighted by Crippen LogP contribution is -2.42. The van der Waals surface area contributed by atoms with Gasteiger partial charge in [0.05, 0.1) is 17.0 Å². The van der Waals surface area contributed by atoms with E-state index in [0.29, 0.717) is 42.9 Å². The van der Waals surface area contributed by atoms with Gasteiger partial charge in [-0.2, -0.15) is 0 Å². The zero-order valence-corrected chi connectivity index (χ0v) is 17.5. The molecule has 1 aromatic heterocycles. The van der Waals surface area contributed by atoms with Crippen LogP contribution in [0.4, 0.5) is 8.78 Å². The molecule has 0 radical (unpaired) electrons. The summed E-state index contributed by atoms with van der Waals surface area (Å²) < 4.78 is 31.3. The molecule has 2 atom stereocenters. The van der Waals surface area contributed by atoms with Crippen LogP contribution >= 0.6 is 28.1 Å². The van der Waals surface area contributed by atoms with Crippen molar-refractivity contribution >= 4 is 34.1 Å². The number of imidazole rings is 1. The van der Waals surface area contributed by atoms with Crippen LogP contribution in [0.15, 0.2) is 16.6 Å². The molecule has 3 heterocycles. The van der Waals surface area contributed by atoms with E-state index >= 15 is 0 Å². The van der Waals surface area contributed by atoms with E-state index in [1.54, 1.807) is 4.90 Å². The number of benzene rings is 1. The minimum atomic E-state index is -0.592. The minimum Gasteiger partial charge on any atom is -0.391 e. The van der Waals surface area contributed by atoms with E-state index in [1.807, 2.05) is 4.57 Å². The highest BCUT2D eigenvalue weighted by Crippen LogP contribution is 2.36. The van der Waals surface area contributed by atoms with Gasteiger partial charge < -0.3 is 19.6 Å². The Balaban J connectivity index is 1.57. The van der Waals surface area contributed by atoms with E-state index in [4.69, 9.17) is 12.2 Å². The van der Waals surface area contributed by atoms with Crippen molar-refractivity contribution < 1.29 is 18.7 Å². The Kier molecular flexibility index (Phi) is 5.41. The summed E-state index contributed by atoms with van der Waals surface area (Å²) in [6, 6.07) is 2.61. The number of β-amino-alcohol motifs (C(OH)–C–C–N with tert-alkyl or cyclic N) is 1. The number of amides is 1. The molecule has 0 bridgehead atoms. The van der Waals surface area contributed by atoms with Gasteiger partial charge in [0.25, 0.3) is 0 Å². The minimum absolute atomic E-state index is 0.0453. The van der Waals surface area contributed by atoms with Gasteiger partial charge in [-0.25, -0.2) is 8.78 Å². The maximum Gasteiger partial charge on any atom is 0.228 e. The molecule has 1 aromatic carbocycles. The van der Waals surface area contributed by atoms with Gasteiger partial charge in [0.15, 0.2) is 4.77 Å². The fourth-order valence-electron chi connectivity index (χ4n) is 4.20. The normalized spacial score (nSPS) is 21.8. The number of carbonyl (C=O) groups is 1. The number of carbonyl (C=O) groups excluding carboxylic acids is 1. The van der Waals surface area contributed by atoms with Crippen molar-refractivity contribution in [3.8, 4) is 0 Å². The highest BCUT2D eigenvalue weighted by Gasteiger charge is 2.32. The average Bonchev–Trinajstić information content (AvgIpc) is 3.20. The van der Waals surface area contributed by atoms with Crippen LogP contribution in [0.3, 0.4) is 0 Å². The fourth-order valence-corrected chi connectivity index (χ4v) is 4.85. The number of piperidine rings is 1. The summed E-state index contributed by atoms with van der Waals surface area (Å²) in [6.45, 7) is 1.34. The van der Waals surface area contributed by atoms with Crippen molar-refractivity contribution in [2.75, 3.05) is 13.1 Å². The van der Waals surface area contributed by atoms with Crippen LogP contribution in [0.5, 0.6) is 0 Å². The summed E-state index contributed by atoms with van der Waals surface area (Å²) in [5, 5.41) is 9.79. The van der Waals surface area contributed by atoms with Crippen molar-refractivity contribution in [2.24, 2.45) is 0 Å². The third-order valence-electron chi connectivity index (χ3n) is 5.58. The number of nitrogens with one attached hydrogen (secondary N) is 1. The van der Waals surface area contributed by atoms with Crippen LogP contribution in [-0.4, -0.2) is 44.7 Å². The second-order valence-corrected chi connectivity index (χ2v) is 8.68. The third kappa shape index (κ3) is 3.55. The second-order valence-electron chi connectivity index (χ2n) is 7.44. The maximum absolute atomic E-state index is 14.5. The first-order chi connectivity index (χ1) is 13.3. The molecule has 1 fully saturated rings. The Bertz CT molecular complexity index is 990. The lowest BCUT2D eigenvalue weighted by molar-refractivity contribution is -0.133. The van der Waals surface area contributed by atoms with E-state index in [1.165, 1.54) is 12.1 Å². The molecule has 2 N–H and O–H groups in total. The lowest BCUT2D eigenvalue weighted by Gasteiger charge is -2.30. The summed E-state index contributed by atoms with van der Waals surface area (Å²) in [5.41, 5.74) is 1.55. The standard InChI is InChI=1S/C19H20BrF2N3O2S/c20-12-3-4-13(21)17(18(12)22)10-6-15-14(23-19(28)25(15)8-10)7-16(27)24-5-1-2-11(26)9-24/h3-4,10-11,26H,1-2,5-9H2,(H,23,28). The predicted molar refractivity (Wildman–Crippen MR) is 106 cm³/mol. The number of aromatic nitrogens is 2. The van der Waals surface area contributed by atoms with Crippen LogP contribution in [0, 0.1) is 16.4 Å². The van der Waals surface area contributed by atoms with E-state index in [-0.39, 0.29) is 28.3 Å². The van der Waals surface area contributed by atoms with E-state index in [2.05, 4.69) is 20.9 Å². The Morgan fingerprint density at radius 3 is 2.89 bits per heavy atom. The topological polar surface area (TPSA) is 61.3 Å². The fraction of sp³-hybridized carbons (Fsp3) is 0.474. The zero-order chi connectivity index (χ0) is 20.0. The summed E-state index contributed by atoms with van der Waals surface area (Å²) in [7, 11) is 0. The highest BCUT2D eigenvalue weighted by atomic mass is 79.9. The number of hydrogen-bond acceptors (Lipinski definition) is 3. The molecular formula is C19H20BrF2N3O2S. The number of rotatable bonds is 3. The number of nitrogens with zero attached hydrogens (tertiary/aromatic N) is 2. The van der Waals surface area contributed by atoms with Crippen molar-refractivity contribution in [3.05, 3.63) is 50.0 Å². The number of halogens is 3. The second kappa shape index (κ2) is 7.68. The smallest absolute Gasteiger partial charge is 0.228 e. The first-order valence-electron chi connectivity index (χ1n) is 9.25. The van der Waals surface area contributed by atoms with Gasteiger partial charge in [0.1, 0.15) is 11.6 Å². The van der Waals surface area contributed by atoms with Crippen molar-refractivity contribution in [1.82, 2.24) is 14.5 Å². The Labute approximate surface area is 174 Å². The monoisotopic (exact) mass is 471 g/mol. The number of aromatic amines is 1. The summed E-state index contributed by atoms with van der Waals surface area (Å²) >= 11 is 8.49. The molecule has 2 unspecified atom stereocenters. The first kappa shape index (κ1) is 19.7. The molecule has 1 saturated heterocycles. The van der Waals surface area contributed by atoms with Crippen LogP contribution in [0.25, 0.3) is 0 Å². The highest BCUT2D eigenvalue weighted by molar-refractivity contribution is 9.10. The van der Waals surface area contributed by atoms with Gasteiger partial charge >= 0.3 is 0 Å². The van der Waals surface area contributed by atoms with Gasteiger partial charge in [-0.3, -0.25) is 4.79 Å². The molecule has 5 nitrogen and oxygen atoms in total. The number of likely N-dealkylation sites (tertiary alicyclic amines) is 1. The quantitative estimate of drug-likeness (QED) is 0.532. The molecule has 0 spiro atoms. The molecule has 2 aliphatic rings. The molecule has 0 saturated carbocycles. The molecule has 2 aromatic rings. The van der Waals surface area contributed by atoms with Crippen LogP contribution < -0.4 is 0 Å². The Morgan fingerprint density at radius 1 is 1.36 bits per heavy atom. The molecule has 28 heavy (non-hydrogen) atoms. The van der Waals surface area contributed by atoms with Gasteiger partial charge in [-0.1, -0.05) is 0 Å². The van der Waals surface area contributed by atoms with Gasteiger partial charge in [-0.15, -0.1) is 0 Å². The van der Waals surface area contributed by atoms with Crippen molar-refractivity contribution in [2.45, 2.75) is 44.2 Å². The van der Waals surface area contributed by atoms with Crippen LogP contribution in [0.2, 0.25) is 0 Å². The molecule has 9 heteroatoms. The first-order valence-corrected chi connectivity index (χ1v) is 10.4. The summed E-state index contributed by atoms with van der Waals surface area (Å²) in [6.07, 6.45) is 1.54. The molecule has 1 amide bonds. The number of hydrogen-bond donors (Lipinski definition) is 2. The molecule has 0 aliphatic carbocycles. The molecule has 4 rings (SSSR count). The third-order valence-corrected chi connectivity index (χ3v) is 6.52. The van der Waals surface area contributed by atoms with E-state index in [9.17, 15) is 18.7 Å². The summed E-state index contributed by atoms with van der Waals surface area (Å²) in [4.78, 5) is 17.4. The predicted octanol–water partition coefficient (Wildman–Crippen LogP) is 3.45. The van der Waals surface area contributed by atoms with Gasteiger partial charge in [-0.05, 0) is 59.5 Å². The van der Waals surface area contributed by atoms with Crippen molar-refractivity contribution in [3.63, 3.8) is 0 Å². The summed E-state index contributed by atoms with van der Waals surface area (Å²) in [5.74, 6) is -1.63.